The largest absolute Gasteiger partial charge is 0.492 e. The minimum absolute atomic E-state index is 0.0334. The normalized spacial score (nSPS) is 20.5. The molecule has 5 heteroatoms. The summed E-state index contributed by atoms with van der Waals surface area (Å²) in [6.07, 6.45) is 4.91. The first-order valence-electron chi connectivity index (χ1n) is 9.25. The van der Waals surface area contributed by atoms with Crippen LogP contribution in [0.4, 0.5) is 0 Å². The number of ether oxygens (including phenoxy) is 3. The first-order chi connectivity index (χ1) is 13.2. The minimum atomic E-state index is 0.0334. The molecule has 2 aliphatic heterocycles. The molecule has 0 aliphatic carbocycles. The lowest BCUT2D eigenvalue weighted by Gasteiger charge is -2.32. The Balaban J connectivity index is 1.62. The molecule has 0 saturated carbocycles. The zero-order valence-electron chi connectivity index (χ0n) is 15.7. The van der Waals surface area contributed by atoms with E-state index in [4.69, 9.17) is 14.2 Å². The Labute approximate surface area is 159 Å². The van der Waals surface area contributed by atoms with Crippen molar-refractivity contribution in [1.29, 1.82) is 0 Å². The standard InChI is InChI=1S/C22H23NO4/c1-23-11-10-16-12-19-21(27-14-26-19)22(25-2)20(16)18(23)13-17(24)9-8-15-6-4-3-5-7-15/h3-9,12,18H,10-11,13-14H2,1-2H3/p+1/b9-8+/t18-/m0/s1. The minimum Gasteiger partial charge on any atom is -0.492 e. The number of nitrogens with one attached hydrogen (secondary N) is 1. The Hall–Kier alpha value is -2.79. The second kappa shape index (κ2) is 7.45. The van der Waals surface area contributed by atoms with Gasteiger partial charge in [0.1, 0.15) is 6.04 Å². The highest BCUT2D eigenvalue weighted by atomic mass is 16.7. The van der Waals surface area contributed by atoms with Crippen LogP contribution in [0, 0.1) is 0 Å². The van der Waals surface area contributed by atoms with Crippen LogP contribution in [0.25, 0.3) is 6.08 Å². The summed E-state index contributed by atoms with van der Waals surface area (Å²) < 4.78 is 16.9. The van der Waals surface area contributed by atoms with E-state index in [-0.39, 0.29) is 18.6 Å². The molecule has 4 rings (SSSR count). The highest BCUT2D eigenvalue weighted by Gasteiger charge is 2.37. The summed E-state index contributed by atoms with van der Waals surface area (Å²) in [6, 6.07) is 11.9. The van der Waals surface area contributed by atoms with Crippen molar-refractivity contribution < 1.29 is 23.9 Å². The summed E-state index contributed by atoms with van der Waals surface area (Å²) in [4.78, 5) is 14.0. The van der Waals surface area contributed by atoms with Crippen molar-refractivity contribution in [2.75, 3.05) is 27.5 Å². The number of carbonyl (C=O) groups is 1. The summed E-state index contributed by atoms with van der Waals surface area (Å²) in [5, 5.41) is 0. The third-order valence-electron chi connectivity index (χ3n) is 5.35. The maximum atomic E-state index is 12.7. The van der Waals surface area contributed by atoms with Gasteiger partial charge in [-0.3, -0.25) is 4.79 Å². The van der Waals surface area contributed by atoms with E-state index in [1.54, 1.807) is 13.2 Å². The van der Waals surface area contributed by atoms with Gasteiger partial charge in [-0.2, -0.15) is 0 Å². The number of hydrogen-bond donors (Lipinski definition) is 1. The van der Waals surface area contributed by atoms with Crippen LogP contribution in [0.2, 0.25) is 0 Å². The summed E-state index contributed by atoms with van der Waals surface area (Å²) >= 11 is 0. The van der Waals surface area contributed by atoms with Crippen molar-refractivity contribution in [3.05, 3.63) is 59.2 Å². The average molecular weight is 366 g/mol. The molecule has 0 aromatic heterocycles. The maximum Gasteiger partial charge on any atom is 0.231 e. The molecule has 0 radical (unpaired) electrons. The summed E-state index contributed by atoms with van der Waals surface area (Å²) in [5.41, 5.74) is 3.29. The maximum absolute atomic E-state index is 12.7. The van der Waals surface area contributed by atoms with Crippen LogP contribution in [-0.4, -0.2) is 33.3 Å². The third-order valence-corrected chi connectivity index (χ3v) is 5.35. The van der Waals surface area contributed by atoms with Gasteiger partial charge in [0.25, 0.3) is 0 Å². The van der Waals surface area contributed by atoms with Crippen LogP contribution in [0.5, 0.6) is 17.2 Å². The molecular weight excluding hydrogens is 342 g/mol. The summed E-state index contributed by atoms with van der Waals surface area (Å²) in [7, 11) is 3.78. The van der Waals surface area contributed by atoms with Gasteiger partial charge in [-0.15, -0.1) is 0 Å². The quantitative estimate of drug-likeness (QED) is 0.825. The van der Waals surface area contributed by atoms with E-state index in [0.717, 1.165) is 29.8 Å². The van der Waals surface area contributed by atoms with Crippen LogP contribution in [0.15, 0.2) is 42.5 Å². The van der Waals surface area contributed by atoms with Gasteiger partial charge in [-0.05, 0) is 23.3 Å². The number of ketones is 1. The number of hydrogen-bond acceptors (Lipinski definition) is 4. The Bertz CT molecular complexity index is 876. The highest BCUT2D eigenvalue weighted by Crippen LogP contribution is 2.47. The molecule has 0 fully saturated rings. The zero-order chi connectivity index (χ0) is 18.8. The first-order valence-corrected chi connectivity index (χ1v) is 9.25. The number of carbonyl (C=O) groups excluding carboxylic acids is 1. The zero-order valence-corrected chi connectivity index (χ0v) is 15.7. The number of allylic oxidation sites excluding steroid dienone is 1. The Morgan fingerprint density at radius 2 is 2.11 bits per heavy atom. The predicted molar refractivity (Wildman–Crippen MR) is 102 cm³/mol. The van der Waals surface area contributed by atoms with Crippen LogP contribution < -0.4 is 19.1 Å². The smallest absolute Gasteiger partial charge is 0.231 e. The third kappa shape index (κ3) is 3.43. The molecule has 0 spiro atoms. The second-order valence-electron chi connectivity index (χ2n) is 7.03. The van der Waals surface area contributed by atoms with E-state index < -0.39 is 0 Å². The van der Waals surface area contributed by atoms with Crippen molar-refractivity contribution in [3.8, 4) is 17.2 Å². The van der Waals surface area contributed by atoms with Gasteiger partial charge in [-0.1, -0.05) is 36.4 Å². The van der Waals surface area contributed by atoms with E-state index in [9.17, 15) is 4.79 Å². The molecule has 2 aromatic carbocycles. The molecule has 2 aliphatic rings. The number of quaternary nitrogens is 1. The Morgan fingerprint density at radius 3 is 2.89 bits per heavy atom. The Morgan fingerprint density at radius 1 is 1.30 bits per heavy atom. The molecule has 1 N–H and O–H groups in total. The van der Waals surface area contributed by atoms with E-state index >= 15 is 0 Å². The molecule has 140 valence electrons. The second-order valence-corrected chi connectivity index (χ2v) is 7.03. The van der Waals surface area contributed by atoms with Crippen molar-refractivity contribution in [2.45, 2.75) is 18.9 Å². The first kappa shape index (κ1) is 17.6. The van der Waals surface area contributed by atoms with E-state index in [1.807, 2.05) is 42.5 Å². The molecule has 0 amide bonds. The van der Waals surface area contributed by atoms with E-state index in [2.05, 4.69) is 7.05 Å². The van der Waals surface area contributed by atoms with Gasteiger partial charge in [0.15, 0.2) is 17.3 Å². The topological polar surface area (TPSA) is 49.2 Å². The molecular formula is C22H24NO4+. The molecule has 0 saturated heterocycles. The van der Waals surface area contributed by atoms with E-state index in [1.165, 1.54) is 10.5 Å². The monoisotopic (exact) mass is 366 g/mol. The van der Waals surface area contributed by atoms with Crippen LogP contribution >= 0.6 is 0 Å². The van der Waals surface area contributed by atoms with Gasteiger partial charge >= 0.3 is 0 Å². The number of methoxy groups -OCH3 is 1. The van der Waals surface area contributed by atoms with Gasteiger partial charge in [-0.25, -0.2) is 0 Å². The lowest BCUT2D eigenvalue weighted by Crippen LogP contribution is -3.10. The van der Waals surface area contributed by atoms with Crippen LogP contribution in [0.3, 0.4) is 0 Å². The molecule has 2 heterocycles. The fourth-order valence-electron chi connectivity index (χ4n) is 3.92. The molecule has 2 aromatic rings. The number of benzene rings is 2. The summed E-state index contributed by atoms with van der Waals surface area (Å²) in [5.74, 6) is 2.21. The fourth-order valence-corrected chi connectivity index (χ4v) is 3.92. The van der Waals surface area contributed by atoms with Crippen LogP contribution in [0.1, 0.15) is 29.2 Å². The number of likely N-dealkylation sites (N-methyl/N-ethyl adjacent to an activating group) is 1. The van der Waals surface area contributed by atoms with Gasteiger partial charge in [0.2, 0.25) is 12.5 Å². The molecule has 2 atom stereocenters. The molecule has 0 bridgehead atoms. The molecule has 27 heavy (non-hydrogen) atoms. The SMILES string of the molecule is COc1c2c(cc3c1[C@H](CC(=O)/C=C/c1ccccc1)[NH+](C)CC3)OCO2. The van der Waals surface area contributed by atoms with Crippen LogP contribution in [-0.2, 0) is 11.2 Å². The highest BCUT2D eigenvalue weighted by molar-refractivity contribution is 5.94. The lowest BCUT2D eigenvalue weighted by molar-refractivity contribution is -0.914. The predicted octanol–water partition coefficient (Wildman–Crippen LogP) is 2.21. The van der Waals surface area contributed by atoms with Crippen molar-refractivity contribution in [3.63, 3.8) is 0 Å². The Kier molecular flexibility index (Phi) is 4.86. The van der Waals surface area contributed by atoms with Gasteiger partial charge in [0.05, 0.1) is 32.7 Å². The lowest BCUT2D eigenvalue weighted by atomic mass is 9.88. The summed E-state index contributed by atoms with van der Waals surface area (Å²) in [6.45, 7) is 1.18. The van der Waals surface area contributed by atoms with Crippen molar-refractivity contribution >= 4 is 11.9 Å². The number of fused-ring (bicyclic) bond motifs is 2. The fraction of sp³-hybridized carbons (Fsp3) is 0.318. The molecule has 5 nitrogen and oxygen atoms in total. The van der Waals surface area contributed by atoms with Gasteiger partial charge in [0, 0.05) is 6.42 Å². The number of rotatable bonds is 5. The van der Waals surface area contributed by atoms with E-state index in [0.29, 0.717) is 17.9 Å². The van der Waals surface area contributed by atoms with Gasteiger partial charge < -0.3 is 19.1 Å². The van der Waals surface area contributed by atoms with Crippen molar-refractivity contribution in [1.82, 2.24) is 0 Å². The molecule has 1 unspecified atom stereocenters. The van der Waals surface area contributed by atoms with Crippen molar-refractivity contribution in [2.24, 2.45) is 0 Å². The average Bonchev–Trinajstić information content (AvgIpc) is 3.16.